The molecular formula is C23H20N4O4. The first kappa shape index (κ1) is 21.3. The van der Waals surface area contributed by atoms with E-state index < -0.39 is 0 Å². The van der Waals surface area contributed by atoms with Gasteiger partial charge >= 0.3 is 0 Å². The number of nitrogens with zero attached hydrogens (tertiary/aromatic N) is 2. The first-order valence-electron chi connectivity index (χ1n) is 9.26. The number of ether oxygens (including phenoxy) is 1. The van der Waals surface area contributed by atoms with Gasteiger partial charge < -0.3 is 9.84 Å². The molecule has 8 heteroatoms. The molecule has 0 aromatic heterocycles. The summed E-state index contributed by atoms with van der Waals surface area (Å²) < 4.78 is 5.23. The van der Waals surface area contributed by atoms with Crippen LogP contribution in [0.5, 0.6) is 11.5 Å². The molecule has 0 spiro atoms. The Morgan fingerprint density at radius 1 is 0.806 bits per heavy atom. The fourth-order valence-corrected chi connectivity index (χ4v) is 2.60. The minimum absolute atomic E-state index is 0.142. The van der Waals surface area contributed by atoms with E-state index in [9.17, 15) is 14.7 Å². The number of benzene rings is 3. The van der Waals surface area contributed by atoms with E-state index in [-0.39, 0.29) is 17.6 Å². The molecule has 156 valence electrons. The van der Waals surface area contributed by atoms with Crippen LogP contribution in [0, 0.1) is 0 Å². The summed E-state index contributed by atoms with van der Waals surface area (Å²) in [5, 5.41) is 18.3. The zero-order chi connectivity index (χ0) is 22.1. The molecule has 31 heavy (non-hydrogen) atoms. The third kappa shape index (κ3) is 5.77. The monoisotopic (exact) mass is 416 g/mol. The van der Waals surface area contributed by atoms with Crippen LogP contribution in [0.1, 0.15) is 31.8 Å². The number of methoxy groups -OCH3 is 1. The minimum Gasteiger partial charge on any atom is -0.507 e. The summed E-state index contributed by atoms with van der Waals surface area (Å²) in [6.45, 7) is 0. The highest BCUT2D eigenvalue weighted by Crippen LogP contribution is 2.26. The van der Waals surface area contributed by atoms with Gasteiger partial charge in [0.05, 0.1) is 19.5 Å². The molecule has 0 fully saturated rings. The smallest absolute Gasteiger partial charge is 0.271 e. The molecule has 8 nitrogen and oxygen atoms in total. The molecule has 0 aliphatic rings. The molecule has 3 N–H and O–H groups in total. The predicted octanol–water partition coefficient (Wildman–Crippen LogP) is 2.93. The SMILES string of the molecule is COc1cc(/C=N/NC(=O)c2ccccc2)c(O)c(/C=N/NC(=O)c2ccccc2)c1. The van der Waals surface area contributed by atoms with Gasteiger partial charge in [-0.15, -0.1) is 0 Å². The van der Waals surface area contributed by atoms with Gasteiger partial charge in [-0.25, -0.2) is 10.9 Å². The van der Waals surface area contributed by atoms with Crippen molar-refractivity contribution >= 4 is 24.2 Å². The van der Waals surface area contributed by atoms with Crippen molar-refractivity contribution in [3.05, 3.63) is 95.1 Å². The number of nitrogens with one attached hydrogen (secondary N) is 2. The van der Waals surface area contributed by atoms with Crippen LogP contribution in [-0.4, -0.2) is 36.5 Å². The van der Waals surface area contributed by atoms with Crippen LogP contribution in [0.25, 0.3) is 0 Å². The number of phenolic OH excluding ortho intramolecular Hbond substituents is 1. The Morgan fingerprint density at radius 2 is 1.23 bits per heavy atom. The van der Waals surface area contributed by atoms with Crippen LogP contribution in [-0.2, 0) is 0 Å². The molecule has 3 aromatic carbocycles. The van der Waals surface area contributed by atoms with Gasteiger partial charge in [0, 0.05) is 22.3 Å². The maximum absolute atomic E-state index is 12.1. The lowest BCUT2D eigenvalue weighted by atomic mass is 10.1. The first-order valence-corrected chi connectivity index (χ1v) is 9.26. The maximum atomic E-state index is 12.1. The van der Waals surface area contributed by atoms with Crippen LogP contribution in [0.3, 0.4) is 0 Å². The first-order chi connectivity index (χ1) is 15.1. The fourth-order valence-electron chi connectivity index (χ4n) is 2.60. The van der Waals surface area contributed by atoms with Crippen molar-refractivity contribution in [1.82, 2.24) is 10.9 Å². The summed E-state index contributed by atoms with van der Waals surface area (Å²) in [5.74, 6) is -0.477. The number of carbonyl (C=O) groups excluding carboxylic acids is 2. The molecule has 0 heterocycles. The number of hydrogen-bond donors (Lipinski definition) is 3. The number of aromatic hydroxyl groups is 1. The molecule has 0 radical (unpaired) electrons. The van der Waals surface area contributed by atoms with E-state index in [0.29, 0.717) is 28.0 Å². The summed E-state index contributed by atoms with van der Waals surface area (Å²) in [6.07, 6.45) is 2.58. The van der Waals surface area contributed by atoms with Gasteiger partial charge in [-0.3, -0.25) is 9.59 Å². The average molecular weight is 416 g/mol. The second-order valence-corrected chi connectivity index (χ2v) is 6.28. The molecule has 3 rings (SSSR count). The molecule has 0 aliphatic heterocycles. The van der Waals surface area contributed by atoms with E-state index in [0.717, 1.165) is 0 Å². The van der Waals surface area contributed by atoms with Crippen molar-refractivity contribution in [2.45, 2.75) is 0 Å². The Bertz CT molecular complexity index is 1030. The van der Waals surface area contributed by atoms with Crippen molar-refractivity contribution in [3.63, 3.8) is 0 Å². The Labute approximate surface area is 178 Å². The third-order valence-corrected chi connectivity index (χ3v) is 4.19. The van der Waals surface area contributed by atoms with E-state index in [4.69, 9.17) is 4.74 Å². The highest BCUT2D eigenvalue weighted by atomic mass is 16.5. The molecule has 0 unspecified atom stereocenters. The number of amides is 2. The van der Waals surface area contributed by atoms with E-state index in [1.807, 2.05) is 0 Å². The van der Waals surface area contributed by atoms with Gasteiger partial charge in [-0.2, -0.15) is 10.2 Å². The molecule has 2 amide bonds. The van der Waals surface area contributed by atoms with Crippen molar-refractivity contribution in [1.29, 1.82) is 0 Å². The Balaban J connectivity index is 1.72. The topological polar surface area (TPSA) is 112 Å². The third-order valence-electron chi connectivity index (χ3n) is 4.19. The summed E-state index contributed by atoms with van der Waals surface area (Å²) in [6, 6.07) is 20.3. The number of hydrazone groups is 2. The fraction of sp³-hybridized carbons (Fsp3) is 0.0435. The second kappa shape index (κ2) is 10.4. The average Bonchev–Trinajstić information content (AvgIpc) is 2.82. The molecular weight excluding hydrogens is 396 g/mol. The predicted molar refractivity (Wildman–Crippen MR) is 118 cm³/mol. The number of hydrogen-bond acceptors (Lipinski definition) is 6. The van der Waals surface area contributed by atoms with Gasteiger partial charge in [-0.05, 0) is 36.4 Å². The Hall–Kier alpha value is -4.46. The van der Waals surface area contributed by atoms with Gasteiger partial charge in [0.1, 0.15) is 11.5 Å². The number of carbonyl (C=O) groups is 2. The lowest BCUT2D eigenvalue weighted by Gasteiger charge is -2.07. The summed E-state index contributed by atoms with van der Waals surface area (Å²) in [4.78, 5) is 24.1. The molecule has 0 aliphatic carbocycles. The van der Waals surface area contributed by atoms with Crippen molar-refractivity contribution in [3.8, 4) is 11.5 Å². The molecule has 3 aromatic rings. The van der Waals surface area contributed by atoms with Crippen LogP contribution in [0.2, 0.25) is 0 Å². The largest absolute Gasteiger partial charge is 0.507 e. The lowest BCUT2D eigenvalue weighted by Crippen LogP contribution is -2.17. The van der Waals surface area contributed by atoms with Crippen LogP contribution < -0.4 is 15.6 Å². The van der Waals surface area contributed by atoms with E-state index >= 15 is 0 Å². The number of phenols is 1. The van der Waals surface area contributed by atoms with Gasteiger partial charge in [0.25, 0.3) is 11.8 Å². The van der Waals surface area contributed by atoms with Crippen molar-refractivity contribution in [2.75, 3.05) is 7.11 Å². The Kier molecular flexibility index (Phi) is 7.10. The van der Waals surface area contributed by atoms with Gasteiger partial charge in [-0.1, -0.05) is 36.4 Å². The zero-order valence-corrected chi connectivity index (χ0v) is 16.6. The molecule has 0 saturated heterocycles. The molecule has 0 bridgehead atoms. The quantitative estimate of drug-likeness (QED) is 0.406. The molecule has 0 saturated carbocycles. The van der Waals surface area contributed by atoms with E-state index in [2.05, 4.69) is 21.1 Å². The summed E-state index contributed by atoms with van der Waals surface area (Å²) in [5.41, 5.74) is 6.29. The van der Waals surface area contributed by atoms with E-state index in [1.54, 1.807) is 72.8 Å². The van der Waals surface area contributed by atoms with Crippen molar-refractivity contribution in [2.24, 2.45) is 10.2 Å². The van der Waals surface area contributed by atoms with Gasteiger partial charge in [0.2, 0.25) is 0 Å². The standard InChI is InChI=1S/C23H20N4O4/c1-31-20-12-18(14-24-26-22(29)16-8-4-2-5-9-16)21(28)19(13-20)15-25-27-23(30)17-10-6-3-7-11-17/h2-15,28H,1H3,(H,26,29)(H,27,30)/b24-14+,25-15+. The van der Waals surface area contributed by atoms with Crippen molar-refractivity contribution < 1.29 is 19.4 Å². The lowest BCUT2D eigenvalue weighted by molar-refractivity contribution is 0.0947. The van der Waals surface area contributed by atoms with E-state index in [1.165, 1.54) is 19.5 Å². The maximum Gasteiger partial charge on any atom is 0.271 e. The normalized spacial score (nSPS) is 10.9. The summed E-state index contributed by atoms with van der Waals surface area (Å²) >= 11 is 0. The second-order valence-electron chi connectivity index (χ2n) is 6.28. The summed E-state index contributed by atoms with van der Waals surface area (Å²) in [7, 11) is 1.47. The highest BCUT2D eigenvalue weighted by Gasteiger charge is 2.09. The Morgan fingerprint density at radius 3 is 1.61 bits per heavy atom. The van der Waals surface area contributed by atoms with Crippen LogP contribution >= 0.6 is 0 Å². The highest BCUT2D eigenvalue weighted by molar-refractivity contribution is 5.97. The minimum atomic E-state index is -0.385. The molecule has 0 atom stereocenters. The number of rotatable bonds is 7. The van der Waals surface area contributed by atoms with Gasteiger partial charge in [0.15, 0.2) is 0 Å². The van der Waals surface area contributed by atoms with Crippen LogP contribution in [0.4, 0.5) is 0 Å². The zero-order valence-electron chi connectivity index (χ0n) is 16.6. The van der Waals surface area contributed by atoms with Crippen LogP contribution in [0.15, 0.2) is 83.0 Å².